The molecule has 0 saturated heterocycles. The van der Waals surface area contributed by atoms with Crippen LogP contribution in [0.4, 0.5) is 0 Å². The first-order valence-electron chi connectivity index (χ1n) is 8.23. The fourth-order valence-electron chi connectivity index (χ4n) is 2.56. The lowest BCUT2D eigenvalue weighted by atomic mass is 10.3. The first-order chi connectivity index (χ1) is 12.6. The zero-order valence-electron chi connectivity index (χ0n) is 14.5. The fourth-order valence-corrected chi connectivity index (χ4v) is 4.64. The first kappa shape index (κ1) is 18.9. The Balaban J connectivity index is 1.64. The highest BCUT2D eigenvalue weighted by Crippen LogP contribution is 2.23. The largest absolute Gasteiger partial charge is 0.383 e. The maximum Gasteiger partial charge on any atom is 0.240 e. The summed E-state index contributed by atoms with van der Waals surface area (Å²) in [5.74, 6) is 0.586. The number of aromatic nitrogens is 2. The van der Waals surface area contributed by atoms with Gasteiger partial charge in [-0.1, -0.05) is 42.1 Å². The van der Waals surface area contributed by atoms with Crippen molar-refractivity contribution in [3.63, 3.8) is 0 Å². The van der Waals surface area contributed by atoms with Crippen LogP contribution in [0.2, 0.25) is 0 Å². The van der Waals surface area contributed by atoms with E-state index >= 15 is 0 Å². The second-order valence-electron chi connectivity index (χ2n) is 5.59. The molecular weight excluding hydrogens is 370 g/mol. The summed E-state index contributed by atoms with van der Waals surface area (Å²) in [5, 5.41) is 0.863. The highest BCUT2D eigenvalue weighted by Gasteiger charge is 2.14. The van der Waals surface area contributed by atoms with E-state index in [0.717, 1.165) is 16.2 Å². The molecule has 0 aliphatic rings. The predicted molar refractivity (Wildman–Crippen MR) is 104 cm³/mol. The van der Waals surface area contributed by atoms with E-state index in [0.29, 0.717) is 25.4 Å². The van der Waals surface area contributed by atoms with Crippen LogP contribution in [-0.2, 0) is 21.3 Å². The Labute approximate surface area is 157 Å². The summed E-state index contributed by atoms with van der Waals surface area (Å²) >= 11 is 1.53. The van der Waals surface area contributed by atoms with Crippen LogP contribution >= 0.6 is 11.8 Å². The molecular formula is C18H21N3O3S2. The van der Waals surface area contributed by atoms with Crippen LogP contribution in [0.3, 0.4) is 0 Å². The highest BCUT2D eigenvalue weighted by molar-refractivity contribution is 7.99. The number of hydrogen-bond acceptors (Lipinski definition) is 5. The van der Waals surface area contributed by atoms with Crippen LogP contribution in [0.25, 0.3) is 11.0 Å². The van der Waals surface area contributed by atoms with Gasteiger partial charge in [-0.05, 0) is 24.3 Å². The fraction of sp³-hybridized carbons (Fsp3) is 0.278. The second-order valence-corrected chi connectivity index (χ2v) is 8.42. The number of hydrogen-bond donors (Lipinski definition) is 1. The minimum atomic E-state index is -3.47. The van der Waals surface area contributed by atoms with Gasteiger partial charge in [-0.25, -0.2) is 18.1 Å². The Morgan fingerprint density at radius 1 is 1.12 bits per heavy atom. The maximum atomic E-state index is 12.2. The molecule has 8 heteroatoms. The number of thioether (sulfide) groups is 1. The Morgan fingerprint density at radius 3 is 2.62 bits per heavy atom. The van der Waals surface area contributed by atoms with Gasteiger partial charge in [0, 0.05) is 26.0 Å². The molecule has 0 fully saturated rings. The molecule has 0 aliphatic carbocycles. The van der Waals surface area contributed by atoms with Gasteiger partial charge < -0.3 is 9.30 Å². The molecule has 0 unspecified atom stereocenters. The lowest BCUT2D eigenvalue weighted by Crippen LogP contribution is -2.26. The van der Waals surface area contributed by atoms with Gasteiger partial charge in [-0.15, -0.1) is 0 Å². The van der Waals surface area contributed by atoms with E-state index in [1.807, 2.05) is 24.3 Å². The van der Waals surface area contributed by atoms with Crippen molar-refractivity contribution in [3.05, 3.63) is 54.6 Å². The Morgan fingerprint density at radius 2 is 1.85 bits per heavy atom. The van der Waals surface area contributed by atoms with Crippen LogP contribution in [0.5, 0.6) is 0 Å². The number of methoxy groups -OCH3 is 1. The van der Waals surface area contributed by atoms with Gasteiger partial charge in [0.05, 0.1) is 22.5 Å². The Kier molecular flexibility index (Phi) is 6.31. The van der Waals surface area contributed by atoms with E-state index < -0.39 is 10.0 Å². The van der Waals surface area contributed by atoms with Crippen LogP contribution in [-0.4, -0.2) is 44.0 Å². The quantitative estimate of drug-likeness (QED) is 0.448. The van der Waals surface area contributed by atoms with Gasteiger partial charge in [0.1, 0.15) is 0 Å². The standard InChI is InChI=1S/C18H21N3O3S2/c1-24-13-12-21-17-10-6-5-9-16(17)20-18(21)25-14-11-19-26(22,23)15-7-3-2-4-8-15/h2-10,19H,11-14H2,1H3. The number of nitrogens with one attached hydrogen (secondary N) is 1. The summed E-state index contributed by atoms with van der Waals surface area (Å²) in [6, 6.07) is 16.3. The zero-order valence-corrected chi connectivity index (χ0v) is 16.1. The molecule has 1 heterocycles. The number of para-hydroxylation sites is 2. The van der Waals surface area contributed by atoms with Crippen molar-refractivity contribution in [1.29, 1.82) is 0 Å². The van der Waals surface area contributed by atoms with Gasteiger partial charge in [0.25, 0.3) is 0 Å². The minimum absolute atomic E-state index is 0.275. The van der Waals surface area contributed by atoms with Crippen molar-refractivity contribution in [3.8, 4) is 0 Å². The number of nitrogens with zero attached hydrogens (tertiary/aromatic N) is 2. The molecule has 3 rings (SSSR count). The van der Waals surface area contributed by atoms with Crippen LogP contribution in [0, 0.1) is 0 Å². The molecule has 0 aliphatic heterocycles. The Bertz CT molecular complexity index is 956. The maximum absolute atomic E-state index is 12.2. The molecule has 1 aromatic heterocycles. The molecule has 3 aromatic rings. The summed E-state index contributed by atoms with van der Waals surface area (Å²) < 4.78 is 34.4. The van der Waals surface area contributed by atoms with Crippen molar-refractivity contribution in [2.75, 3.05) is 26.0 Å². The molecule has 6 nitrogen and oxygen atoms in total. The number of imidazole rings is 1. The van der Waals surface area contributed by atoms with Gasteiger partial charge in [0.2, 0.25) is 10.0 Å². The molecule has 26 heavy (non-hydrogen) atoms. The van der Waals surface area contributed by atoms with E-state index in [1.54, 1.807) is 37.4 Å². The Hall–Kier alpha value is -1.87. The third-order valence-corrected chi connectivity index (χ3v) is 6.27. The van der Waals surface area contributed by atoms with E-state index in [1.165, 1.54) is 11.8 Å². The van der Waals surface area contributed by atoms with Gasteiger partial charge in [-0.2, -0.15) is 0 Å². The topological polar surface area (TPSA) is 73.2 Å². The number of fused-ring (bicyclic) bond motifs is 1. The van der Waals surface area contributed by atoms with Crippen molar-refractivity contribution < 1.29 is 13.2 Å². The van der Waals surface area contributed by atoms with Crippen molar-refractivity contribution in [2.24, 2.45) is 0 Å². The molecule has 138 valence electrons. The predicted octanol–water partition coefficient (Wildman–Crippen LogP) is 2.75. The van der Waals surface area contributed by atoms with E-state index in [4.69, 9.17) is 4.74 Å². The highest BCUT2D eigenvalue weighted by atomic mass is 32.2. The number of ether oxygens (including phenoxy) is 1. The van der Waals surface area contributed by atoms with Crippen LogP contribution in [0.1, 0.15) is 0 Å². The minimum Gasteiger partial charge on any atom is -0.383 e. The average Bonchev–Trinajstić information content (AvgIpc) is 3.02. The van der Waals surface area contributed by atoms with Gasteiger partial charge >= 0.3 is 0 Å². The molecule has 0 bridgehead atoms. The summed E-state index contributed by atoms with van der Waals surface area (Å²) in [6.07, 6.45) is 0. The van der Waals surface area contributed by atoms with Crippen LogP contribution < -0.4 is 4.72 Å². The summed E-state index contributed by atoms with van der Waals surface area (Å²) in [5.41, 5.74) is 1.98. The number of rotatable bonds is 9. The first-order valence-corrected chi connectivity index (χ1v) is 10.7. The van der Waals surface area contributed by atoms with E-state index in [2.05, 4.69) is 14.3 Å². The monoisotopic (exact) mass is 391 g/mol. The molecule has 0 spiro atoms. The summed E-state index contributed by atoms with van der Waals surface area (Å²) in [7, 11) is -1.80. The third kappa shape index (κ3) is 4.45. The second kappa shape index (κ2) is 8.68. The smallest absolute Gasteiger partial charge is 0.240 e. The molecule has 1 N–H and O–H groups in total. The lowest BCUT2D eigenvalue weighted by molar-refractivity contribution is 0.186. The van der Waals surface area contributed by atoms with Crippen molar-refractivity contribution >= 4 is 32.8 Å². The zero-order chi connectivity index (χ0) is 18.4. The molecule has 0 atom stereocenters. The average molecular weight is 392 g/mol. The molecule has 0 amide bonds. The van der Waals surface area contributed by atoms with E-state index in [9.17, 15) is 8.42 Å². The number of sulfonamides is 1. The molecule has 0 saturated carbocycles. The normalized spacial score (nSPS) is 11.9. The van der Waals surface area contributed by atoms with Crippen molar-refractivity contribution in [2.45, 2.75) is 16.6 Å². The summed E-state index contributed by atoms with van der Waals surface area (Å²) in [6.45, 7) is 1.62. The molecule has 0 radical (unpaired) electrons. The van der Waals surface area contributed by atoms with Crippen LogP contribution in [0.15, 0.2) is 64.6 Å². The number of benzene rings is 2. The molecule has 2 aromatic carbocycles. The third-order valence-electron chi connectivity index (χ3n) is 3.82. The summed E-state index contributed by atoms with van der Waals surface area (Å²) in [4.78, 5) is 4.93. The lowest BCUT2D eigenvalue weighted by Gasteiger charge is -2.09. The van der Waals surface area contributed by atoms with Crippen molar-refractivity contribution in [1.82, 2.24) is 14.3 Å². The SMILES string of the molecule is COCCn1c(SCCNS(=O)(=O)c2ccccc2)nc2ccccc21. The van der Waals surface area contributed by atoms with Gasteiger partial charge in [0.15, 0.2) is 5.16 Å². The van der Waals surface area contributed by atoms with E-state index in [-0.39, 0.29) is 4.90 Å². The van der Waals surface area contributed by atoms with Gasteiger partial charge in [-0.3, -0.25) is 0 Å².